The van der Waals surface area contributed by atoms with Crippen LogP contribution in [0.3, 0.4) is 0 Å². The van der Waals surface area contributed by atoms with Gasteiger partial charge < -0.3 is 9.67 Å². The van der Waals surface area contributed by atoms with Crippen LogP contribution in [0.5, 0.6) is 0 Å². The molecule has 4 rings (SSSR count). The molecule has 0 saturated carbocycles. The maximum Gasteiger partial charge on any atom is 0.304 e. The van der Waals surface area contributed by atoms with Gasteiger partial charge >= 0.3 is 5.97 Å². The van der Waals surface area contributed by atoms with Crippen molar-refractivity contribution >= 4 is 28.6 Å². The lowest BCUT2D eigenvalue weighted by Gasteiger charge is -2.13. The van der Waals surface area contributed by atoms with Gasteiger partial charge in [0.15, 0.2) is 0 Å². The molecule has 1 atom stereocenters. The minimum absolute atomic E-state index is 0.0559. The predicted octanol–water partition coefficient (Wildman–Crippen LogP) is 7.12. The van der Waals surface area contributed by atoms with E-state index >= 15 is 0 Å². The SMILES string of the molecule is CC/C=C(\C)Sc1c2n(c3cc(F)cc(-c4ccccc4C)c13)CCC2CC(=O)O. The second-order valence-corrected chi connectivity index (χ2v) is 9.19. The van der Waals surface area contributed by atoms with Gasteiger partial charge in [0, 0.05) is 28.4 Å². The third kappa shape index (κ3) is 3.67. The second-order valence-electron chi connectivity index (χ2n) is 7.94. The van der Waals surface area contributed by atoms with Crippen LogP contribution in [0.4, 0.5) is 4.39 Å². The highest BCUT2D eigenvalue weighted by atomic mass is 32.2. The Morgan fingerprint density at radius 3 is 2.77 bits per heavy atom. The normalized spacial score (nSPS) is 16.3. The zero-order valence-electron chi connectivity index (χ0n) is 17.5. The predicted molar refractivity (Wildman–Crippen MR) is 122 cm³/mol. The fourth-order valence-corrected chi connectivity index (χ4v) is 5.85. The molecule has 3 nitrogen and oxygen atoms in total. The van der Waals surface area contributed by atoms with Crippen molar-refractivity contribution in [3.63, 3.8) is 0 Å². The van der Waals surface area contributed by atoms with Crippen molar-refractivity contribution in [3.8, 4) is 11.1 Å². The van der Waals surface area contributed by atoms with Gasteiger partial charge in [-0.3, -0.25) is 4.79 Å². The van der Waals surface area contributed by atoms with Crippen LogP contribution in [0.25, 0.3) is 22.0 Å². The van der Waals surface area contributed by atoms with E-state index < -0.39 is 5.97 Å². The van der Waals surface area contributed by atoms with Crippen molar-refractivity contribution in [2.24, 2.45) is 0 Å². The van der Waals surface area contributed by atoms with Crippen molar-refractivity contribution in [3.05, 3.63) is 64.5 Å². The quantitative estimate of drug-likeness (QED) is 0.429. The lowest BCUT2D eigenvalue weighted by atomic mass is 9.95. The maximum atomic E-state index is 14.8. The van der Waals surface area contributed by atoms with Crippen molar-refractivity contribution in [1.29, 1.82) is 0 Å². The number of aromatic nitrogens is 1. The number of nitrogens with zero attached hydrogens (tertiary/aromatic N) is 1. The number of benzene rings is 2. The molecule has 1 aliphatic heterocycles. The molecule has 0 amide bonds. The van der Waals surface area contributed by atoms with Crippen LogP contribution in [0.1, 0.15) is 50.3 Å². The maximum absolute atomic E-state index is 14.8. The number of allylic oxidation sites excluding steroid dienone is 2. The Labute approximate surface area is 180 Å². The van der Waals surface area contributed by atoms with Gasteiger partial charge in [-0.25, -0.2) is 4.39 Å². The number of fused-ring (bicyclic) bond motifs is 3. The number of halogens is 1. The largest absolute Gasteiger partial charge is 0.481 e. The molecule has 2 aromatic carbocycles. The van der Waals surface area contributed by atoms with Gasteiger partial charge in [0.05, 0.1) is 11.9 Å². The van der Waals surface area contributed by atoms with E-state index in [2.05, 4.69) is 24.5 Å². The topological polar surface area (TPSA) is 42.2 Å². The molecular weight excluding hydrogens is 397 g/mol. The van der Waals surface area contributed by atoms with E-state index in [4.69, 9.17) is 0 Å². The van der Waals surface area contributed by atoms with Crippen LogP contribution in [0.15, 0.2) is 52.3 Å². The Morgan fingerprint density at radius 1 is 1.30 bits per heavy atom. The summed E-state index contributed by atoms with van der Waals surface area (Å²) in [4.78, 5) is 13.8. The molecule has 156 valence electrons. The zero-order chi connectivity index (χ0) is 21.4. The molecule has 0 radical (unpaired) electrons. The first kappa shape index (κ1) is 20.7. The van der Waals surface area contributed by atoms with E-state index in [0.29, 0.717) is 0 Å². The highest BCUT2D eigenvalue weighted by molar-refractivity contribution is 8.03. The van der Waals surface area contributed by atoms with Gasteiger partial charge in [-0.05, 0) is 60.4 Å². The summed E-state index contributed by atoms with van der Waals surface area (Å²) in [6.45, 7) is 6.95. The highest BCUT2D eigenvalue weighted by Gasteiger charge is 2.33. The van der Waals surface area contributed by atoms with E-state index in [1.807, 2.05) is 31.2 Å². The summed E-state index contributed by atoms with van der Waals surface area (Å²) >= 11 is 1.69. The van der Waals surface area contributed by atoms with Gasteiger partial charge in [-0.15, -0.1) is 0 Å². The lowest BCUT2D eigenvalue weighted by molar-refractivity contribution is -0.137. The minimum Gasteiger partial charge on any atom is -0.481 e. The van der Waals surface area contributed by atoms with Crippen molar-refractivity contribution in [2.75, 3.05) is 0 Å². The molecule has 2 heterocycles. The number of hydrogen-bond acceptors (Lipinski definition) is 2. The third-order valence-corrected chi connectivity index (χ3v) is 6.93. The smallest absolute Gasteiger partial charge is 0.304 e. The van der Waals surface area contributed by atoms with E-state index in [0.717, 1.165) is 57.6 Å². The fraction of sp³-hybridized carbons (Fsp3) is 0.320. The Kier molecular flexibility index (Phi) is 5.74. The van der Waals surface area contributed by atoms with Crippen LogP contribution in [0, 0.1) is 12.7 Å². The first-order valence-electron chi connectivity index (χ1n) is 10.4. The standard InChI is InChI=1S/C25H26FNO2S/c1-4-7-16(3)30-25-23-20(19-9-6-5-8-15(19)2)13-18(26)14-21(23)27-11-10-17(24(25)27)12-22(28)29/h5-9,13-14,17H,4,10-12H2,1-3H3,(H,28,29)/b16-7+. The Bertz CT molecular complexity index is 1160. The van der Waals surface area contributed by atoms with Gasteiger partial charge in [0.1, 0.15) is 5.82 Å². The van der Waals surface area contributed by atoms with Crippen molar-refractivity contribution < 1.29 is 14.3 Å². The number of thioether (sulfide) groups is 1. The molecule has 0 fully saturated rings. The summed E-state index contributed by atoms with van der Waals surface area (Å²) in [6, 6.07) is 11.3. The van der Waals surface area contributed by atoms with E-state index in [1.54, 1.807) is 23.9 Å². The summed E-state index contributed by atoms with van der Waals surface area (Å²) in [7, 11) is 0. The molecule has 30 heavy (non-hydrogen) atoms. The monoisotopic (exact) mass is 423 g/mol. The summed E-state index contributed by atoms with van der Waals surface area (Å²) in [5.41, 5.74) is 4.89. The van der Waals surface area contributed by atoms with Crippen molar-refractivity contribution in [2.45, 2.75) is 57.4 Å². The van der Waals surface area contributed by atoms with E-state index in [1.165, 1.54) is 4.91 Å². The third-order valence-electron chi connectivity index (χ3n) is 5.82. The average molecular weight is 424 g/mol. The number of hydrogen-bond donors (Lipinski definition) is 1. The molecule has 3 aromatic rings. The van der Waals surface area contributed by atoms with E-state index in [9.17, 15) is 14.3 Å². The molecule has 1 aliphatic rings. The lowest BCUT2D eigenvalue weighted by Crippen LogP contribution is -2.04. The van der Waals surface area contributed by atoms with Gasteiger partial charge in [0.25, 0.3) is 0 Å². The van der Waals surface area contributed by atoms with E-state index in [-0.39, 0.29) is 18.2 Å². The zero-order valence-corrected chi connectivity index (χ0v) is 18.4. The van der Waals surface area contributed by atoms with Crippen molar-refractivity contribution in [1.82, 2.24) is 4.57 Å². The number of aliphatic carboxylic acids is 1. The molecule has 0 bridgehead atoms. The Balaban J connectivity index is 2.04. The van der Waals surface area contributed by atoms with Crippen LogP contribution < -0.4 is 0 Å². The van der Waals surface area contributed by atoms with Crippen LogP contribution in [0.2, 0.25) is 0 Å². The highest BCUT2D eigenvalue weighted by Crippen LogP contribution is 2.49. The molecular formula is C25H26FNO2S. The average Bonchev–Trinajstić information content (AvgIpc) is 3.21. The van der Waals surface area contributed by atoms with Crippen LogP contribution in [-0.2, 0) is 11.3 Å². The molecule has 0 spiro atoms. The molecule has 1 N–H and O–H groups in total. The first-order chi connectivity index (χ1) is 14.4. The first-order valence-corrected chi connectivity index (χ1v) is 11.2. The molecule has 1 unspecified atom stereocenters. The fourth-order valence-electron chi connectivity index (χ4n) is 4.58. The van der Waals surface area contributed by atoms with Crippen LogP contribution >= 0.6 is 11.8 Å². The molecule has 1 aromatic heterocycles. The Morgan fingerprint density at radius 2 is 2.07 bits per heavy atom. The van der Waals surface area contributed by atoms with Gasteiger partial charge in [-0.1, -0.05) is 49.0 Å². The molecule has 0 aliphatic carbocycles. The summed E-state index contributed by atoms with van der Waals surface area (Å²) in [6.07, 6.45) is 3.99. The Hall–Kier alpha value is -2.53. The summed E-state index contributed by atoms with van der Waals surface area (Å²) in [5.74, 6) is -1.11. The molecule has 0 saturated heterocycles. The van der Waals surface area contributed by atoms with Gasteiger partial charge in [0.2, 0.25) is 0 Å². The summed E-state index contributed by atoms with van der Waals surface area (Å²) in [5, 5.41) is 10.5. The van der Waals surface area contributed by atoms with Crippen LogP contribution in [-0.4, -0.2) is 15.6 Å². The minimum atomic E-state index is -0.791. The number of carboxylic acid groups (broad SMARTS) is 1. The number of aryl methyl sites for hydroxylation is 2. The number of carboxylic acids is 1. The summed E-state index contributed by atoms with van der Waals surface area (Å²) < 4.78 is 16.9. The van der Waals surface area contributed by atoms with Gasteiger partial charge in [-0.2, -0.15) is 0 Å². The number of rotatable bonds is 6. The second kappa shape index (κ2) is 8.31. The molecule has 5 heteroatoms. The number of carbonyl (C=O) groups is 1.